The quantitative estimate of drug-likeness (QED) is 0.343. The standard InChI is InChI=1S/C23H24FN5/c1-2-25-23(29-15-18-6-3-5-16-7-4-11-26-22(16)18)27-12-10-17-14-28-21-13-19(24)8-9-20(17)21/h3-9,11,13-14,28H,2,10,12,15H2,1H3,(H2,25,27,29). The number of aromatic nitrogens is 2. The van der Waals surface area contributed by atoms with Crippen molar-refractivity contribution in [3.8, 4) is 0 Å². The molecule has 3 N–H and O–H groups in total. The fraction of sp³-hybridized carbons (Fsp3) is 0.217. The van der Waals surface area contributed by atoms with Crippen molar-refractivity contribution in [2.24, 2.45) is 4.99 Å². The molecule has 0 spiro atoms. The second-order valence-electron chi connectivity index (χ2n) is 6.87. The van der Waals surface area contributed by atoms with Crippen molar-refractivity contribution in [3.63, 3.8) is 0 Å². The van der Waals surface area contributed by atoms with Gasteiger partial charge in [-0.05, 0) is 48.7 Å². The van der Waals surface area contributed by atoms with E-state index in [4.69, 9.17) is 4.99 Å². The van der Waals surface area contributed by atoms with Crippen LogP contribution in [0.15, 0.2) is 65.9 Å². The molecule has 2 heterocycles. The minimum Gasteiger partial charge on any atom is -0.361 e. The summed E-state index contributed by atoms with van der Waals surface area (Å²) in [5, 5.41) is 8.84. The number of rotatable bonds is 6. The lowest BCUT2D eigenvalue weighted by Gasteiger charge is -2.11. The first-order valence-corrected chi connectivity index (χ1v) is 9.85. The van der Waals surface area contributed by atoms with Crippen LogP contribution in [0.1, 0.15) is 18.1 Å². The lowest BCUT2D eigenvalue weighted by atomic mass is 10.1. The molecule has 0 saturated heterocycles. The molecule has 6 heteroatoms. The highest BCUT2D eigenvalue weighted by Crippen LogP contribution is 2.19. The van der Waals surface area contributed by atoms with Gasteiger partial charge in [0.1, 0.15) is 5.82 Å². The number of H-pyrrole nitrogens is 1. The van der Waals surface area contributed by atoms with Crippen LogP contribution in [0, 0.1) is 5.82 Å². The minimum atomic E-state index is -0.228. The average Bonchev–Trinajstić information content (AvgIpc) is 3.14. The van der Waals surface area contributed by atoms with Crippen molar-refractivity contribution in [3.05, 3.63) is 77.9 Å². The zero-order valence-electron chi connectivity index (χ0n) is 16.4. The predicted molar refractivity (Wildman–Crippen MR) is 117 cm³/mol. The van der Waals surface area contributed by atoms with Crippen LogP contribution in [-0.2, 0) is 13.0 Å². The lowest BCUT2D eigenvalue weighted by molar-refractivity contribution is 0.629. The fourth-order valence-electron chi connectivity index (χ4n) is 3.48. The van der Waals surface area contributed by atoms with Crippen LogP contribution in [-0.4, -0.2) is 29.0 Å². The first kappa shape index (κ1) is 18.9. The first-order chi connectivity index (χ1) is 14.2. The molecular weight excluding hydrogens is 365 g/mol. The number of aromatic amines is 1. The second kappa shape index (κ2) is 8.73. The van der Waals surface area contributed by atoms with Crippen LogP contribution >= 0.6 is 0 Å². The molecule has 0 bridgehead atoms. The average molecular weight is 389 g/mol. The van der Waals surface area contributed by atoms with E-state index in [0.29, 0.717) is 6.54 Å². The maximum atomic E-state index is 13.3. The van der Waals surface area contributed by atoms with Crippen molar-refractivity contribution in [1.29, 1.82) is 0 Å². The summed E-state index contributed by atoms with van der Waals surface area (Å²) >= 11 is 0. The predicted octanol–water partition coefficient (Wildman–Crippen LogP) is 4.15. The summed E-state index contributed by atoms with van der Waals surface area (Å²) in [4.78, 5) is 12.4. The van der Waals surface area contributed by atoms with Gasteiger partial charge in [-0.2, -0.15) is 0 Å². The molecule has 29 heavy (non-hydrogen) atoms. The Morgan fingerprint density at radius 2 is 2.00 bits per heavy atom. The summed E-state index contributed by atoms with van der Waals surface area (Å²) in [6, 6.07) is 15.0. The zero-order valence-corrected chi connectivity index (χ0v) is 16.4. The smallest absolute Gasteiger partial charge is 0.191 e. The molecule has 2 aromatic heterocycles. The SMILES string of the molecule is CCNC(=NCc1cccc2cccnc12)NCCc1c[nH]c2cc(F)ccc12. The Balaban J connectivity index is 1.43. The molecular formula is C23H24FN5. The number of benzene rings is 2. The van der Waals surface area contributed by atoms with E-state index in [-0.39, 0.29) is 5.82 Å². The Kier molecular flexibility index (Phi) is 5.70. The molecule has 0 saturated carbocycles. The van der Waals surface area contributed by atoms with Gasteiger partial charge in [0.25, 0.3) is 0 Å². The largest absolute Gasteiger partial charge is 0.361 e. The third kappa shape index (κ3) is 4.37. The lowest BCUT2D eigenvalue weighted by Crippen LogP contribution is -2.38. The summed E-state index contributed by atoms with van der Waals surface area (Å²) in [5.74, 6) is 0.542. The third-order valence-electron chi connectivity index (χ3n) is 4.88. The molecule has 148 valence electrons. The van der Waals surface area contributed by atoms with E-state index in [0.717, 1.165) is 58.4 Å². The topological polar surface area (TPSA) is 65.1 Å². The molecule has 0 aliphatic heterocycles. The van der Waals surface area contributed by atoms with Gasteiger partial charge in [-0.3, -0.25) is 4.98 Å². The summed E-state index contributed by atoms with van der Waals surface area (Å²) in [6.07, 6.45) is 4.57. The summed E-state index contributed by atoms with van der Waals surface area (Å²) in [6.45, 7) is 4.11. The highest BCUT2D eigenvalue weighted by Gasteiger charge is 2.06. The van der Waals surface area contributed by atoms with Gasteiger partial charge in [0, 0.05) is 41.8 Å². The van der Waals surface area contributed by atoms with Crippen LogP contribution < -0.4 is 10.6 Å². The number of para-hydroxylation sites is 1. The maximum absolute atomic E-state index is 13.3. The Labute approximate surface area is 169 Å². The van der Waals surface area contributed by atoms with Gasteiger partial charge in [0.2, 0.25) is 0 Å². The number of halogens is 1. The van der Waals surface area contributed by atoms with Crippen LogP contribution in [0.25, 0.3) is 21.8 Å². The highest BCUT2D eigenvalue weighted by atomic mass is 19.1. The molecule has 4 rings (SSSR count). The maximum Gasteiger partial charge on any atom is 0.191 e. The molecule has 5 nitrogen and oxygen atoms in total. The molecule has 0 aliphatic rings. The van der Waals surface area contributed by atoms with E-state index in [9.17, 15) is 4.39 Å². The molecule has 0 atom stereocenters. The minimum absolute atomic E-state index is 0.228. The van der Waals surface area contributed by atoms with E-state index >= 15 is 0 Å². The van der Waals surface area contributed by atoms with Crippen LogP contribution in [0.5, 0.6) is 0 Å². The number of nitrogens with zero attached hydrogens (tertiary/aromatic N) is 2. The van der Waals surface area contributed by atoms with Crippen molar-refractivity contribution in [2.45, 2.75) is 19.9 Å². The number of pyridine rings is 1. The molecule has 0 aliphatic carbocycles. The fourth-order valence-corrected chi connectivity index (χ4v) is 3.48. The number of guanidine groups is 1. The van der Waals surface area contributed by atoms with Crippen molar-refractivity contribution in [1.82, 2.24) is 20.6 Å². The normalized spacial score (nSPS) is 11.9. The van der Waals surface area contributed by atoms with E-state index < -0.39 is 0 Å². The van der Waals surface area contributed by atoms with Crippen molar-refractivity contribution < 1.29 is 4.39 Å². The molecule has 0 fully saturated rings. The number of fused-ring (bicyclic) bond motifs is 2. The monoisotopic (exact) mass is 389 g/mol. The summed E-state index contributed by atoms with van der Waals surface area (Å²) in [5.41, 5.74) is 4.06. The Hall–Kier alpha value is -3.41. The van der Waals surface area contributed by atoms with Gasteiger partial charge in [-0.15, -0.1) is 0 Å². The summed E-state index contributed by atoms with van der Waals surface area (Å²) < 4.78 is 13.3. The van der Waals surface area contributed by atoms with Gasteiger partial charge in [0.05, 0.1) is 12.1 Å². The van der Waals surface area contributed by atoms with Crippen molar-refractivity contribution >= 4 is 27.8 Å². The molecule has 4 aromatic rings. The van der Waals surface area contributed by atoms with Gasteiger partial charge in [-0.1, -0.05) is 24.3 Å². The van der Waals surface area contributed by atoms with Gasteiger partial charge in [-0.25, -0.2) is 9.38 Å². The Morgan fingerprint density at radius 3 is 2.90 bits per heavy atom. The second-order valence-corrected chi connectivity index (χ2v) is 6.87. The van der Waals surface area contributed by atoms with E-state index in [2.05, 4.69) is 38.8 Å². The summed E-state index contributed by atoms with van der Waals surface area (Å²) in [7, 11) is 0. The van der Waals surface area contributed by atoms with E-state index in [1.54, 1.807) is 0 Å². The van der Waals surface area contributed by atoms with E-state index in [1.807, 2.05) is 37.5 Å². The van der Waals surface area contributed by atoms with Gasteiger partial charge < -0.3 is 15.6 Å². The zero-order chi connectivity index (χ0) is 20.1. The molecule has 0 radical (unpaired) electrons. The number of hydrogen-bond donors (Lipinski definition) is 3. The molecule has 0 unspecified atom stereocenters. The van der Waals surface area contributed by atoms with Gasteiger partial charge in [0.15, 0.2) is 5.96 Å². The van der Waals surface area contributed by atoms with E-state index in [1.165, 1.54) is 12.1 Å². The molecule has 0 amide bonds. The molecule has 2 aromatic carbocycles. The highest BCUT2D eigenvalue weighted by molar-refractivity contribution is 5.84. The number of nitrogens with one attached hydrogen (secondary N) is 3. The van der Waals surface area contributed by atoms with Crippen molar-refractivity contribution in [2.75, 3.05) is 13.1 Å². The van der Waals surface area contributed by atoms with Crippen LogP contribution in [0.4, 0.5) is 4.39 Å². The third-order valence-corrected chi connectivity index (χ3v) is 4.88. The Morgan fingerprint density at radius 1 is 1.10 bits per heavy atom. The first-order valence-electron chi connectivity index (χ1n) is 9.85. The number of aliphatic imine (C=N–C) groups is 1. The number of hydrogen-bond acceptors (Lipinski definition) is 2. The van der Waals surface area contributed by atoms with Crippen LogP contribution in [0.3, 0.4) is 0 Å². The Bertz CT molecular complexity index is 1140. The van der Waals surface area contributed by atoms with Crippen LogP contribution in [0.2, 0.25) is 0 Å². The van der Waals surface area contributed by atoms with Gasteiger partial charge >= 0.3 is 0 Å².